The van der Waals surface area contributed by atoms with Crippen molar-refractivity contribution in [2.45, 2.75) is 57.8 Å². The van der Waals surface area contributed by atoms with E-state index in [1.54, 1.807) is 23.7 Å². The quantitative estimate of drug-likeness (QED) is 0.545. The van der Waals surface area contributed by atoms with Gasteiger partial charge < -0.3 is 24.4 Å². The van der Waals surface area contributed by atoms with E-state index in [-0.39, 0.29) is 24.0 Å². The topological polar surface area (TPSA) is 94.9 Å². The second-order valence-corrected chi connectivity index (χ2v) is 10.2. The second-order valence-electron chi connectivity index (χ2n) is 10.2. The van der Waals surface area contributed by atoms with E-state index in [4.69, 9.17) is 14.2 Å². The van der Waals surface area contributed by atoms with Crippen molar-refractivity contribution in [3.05, 3.63) is 71.0 Å². The van der Waals surface area contributed by atoms with E-state index < -0.39 is 0 Å². The summed E-state index contributed by atoms with van der Waals surface area (Å²) >= 11 is 0. The van der Waals surface area contributed by atoms with Gasteiger partial charge in [0.1, 0.15) is 11.4 Å². The summed E-state index contributed by atoms with van der Waals surface area (Å²) in [5, 5.41) is 7.66. The molecule has 2 aliphatic rings. The molecule has 1 aromatic heterocycles. The van der Waals surface area contributed by atoms with Crippen LogP contribution in [0.2, 0.25) is 0 Å². The number of aromatic nitrogens is 2. The summed E-state index contributed by atoms with van der Waals surface area (Å²) < 4.78 is 19.7. The van der Waals surface area contributed by atoms with Crippen molar-refractivity contribution in [1.82, 2.24) is 20.0 Å². The van der Waals surface area contributed by atoms with Crippen molar-refractivity contribution in [2.75, 3.05) is 20.2 Å². The Bertz CT molecular complexity index is 1340. The van der Waals surface area contributed by atoms with Crippen LogP contribution in [0.3, 0.4) is 0 Å². The van der Waals surface area contributed by atoms with Gasteiger partial charge in [-0.15, -0.1) is 0 Å². The fourth-order valence-corrected chi connectivity index (χ4v) is 5.24. The molecule has 0 saturated carbocycles. The standard InChI is InChI=1S/C30H36N4O5/c1-4-6-22-17-25(33(2)32-22)30(36)34-14-13-26-24(18-34)31-29(35)12-10-20-9-11-27(37-3)28(16-20)39-23-8-5-7-21(15-23)19-38-26/h5,7-9,11,15-17,24,26H,4,6,10,12-14,18-19H2,1-3H3,(H,31,35)/t24-,26+/m0/s1. The molecule has 0 spiro atoms. The lowest BCUT2D eigenvalue weighted by atomic mass is 10.0. The number of methoxy groups -OCH3 is 1. The number of ether oxygens (including phenoxy) is 3. The molecule has 5 rings (SSSR count). The Morgan fingerprint density at radius 1 is 1.15 bits per heavy atom. The smallest absolute Gasteiger partial charge is 0.272 e. The molecule has 9 heteroatoms. The number of aryl methyl sites for hydroxylation is 3. The normalized spacial score (nSPS) is 19.7. The highest BCUT2D eigenvalue weighted by molar-refractivity contribution is 5.93. The lowest BCUT2D eigenvalue weighted by Crippen LogP contribution is -2.57. The first-order chi connectivity index (χ1) is 18.9. The zero-order valence-electron chi connectivity index (χ0n) is 22.8. The summed E-state index contributed by atoms with van der Waals surface area (Å²) in [6.45, 7) is 3.37. The predicted molar refractivity (Wildman–Crippen MR) is 146 cm³/mol. The number of benzene rings is 2. The number of fused-ring (bicyclic) bond motifs is 5. The molecule has 1 N–H and O–H groups in total. The molecule has 2 aromatic carbocycles. The van der Waals surface area contributed by atoms with Gasteiger partial charge in [0.15, 0.2) is 11.5 Å². The van der Waals surface area contributed by atoms with Crippen molar-refractivity contribution < 1.29 is 23.8 Å². The van der Waals surface area contributed by atoms with Crippen LogP contribution in [0.5, 0.6) is 17.2 Å². The van der Waals surface area contributed by atoms with Gasteiger partial charge >= 0.3 is 0 Å². The van der Waals surface area contributed by atoms with E-state index in [0.29, 0.717) is 61.9 Å². The maximum absolute atomic E-state index is 13.4. The molecule has 4 bridgehead atoms. The zero-order chi connectivity index (χ0) is 27.4. The van der Waals surface area contributed by atoms with Gasteiger partial charge in [0.25, 0.3) is 5.91 Å². The van der Waals surface area contributed by atoms with Crippen LogP contribution in [0.1, 0.15) is 53.5 Å². The number of carbonyl (C=O) groups excluding carboxylic acids is 2. The van der Waals surface area contributed by atoms with E-state index in [2.05, 4.69) is 17.3 Å². The van der Waals surface area contributed by atoms with Gasteiger partial charge in [0.2, 0.25) is 5.91 Å². The Morgan fingerprint density at radius 3 is 2.85 bits per heavy atom. The van der Waals surface area contributed by atoms with Gasteiger partial charge in [-0.3, -0.25) is 14.3 Å². The van der Waals surface area contributed by atoms with Crippen molar-refractivity contribution in [2.24, 2.45) is 7.05 Å². The van der Waals surface area contributed by atoms with Crippen molar-refractivity contribution in [3.63, 3.8) is 0 Å². The Hall–Kier alpha value is -3.85. The van der Waals surface area contributed by atoms with Gasteiger partial charge in [-0.05, 0) is 60.7 Å². The van der Waals surface area contributed by atoms with Gasteiger partial charge in [-0.25, -0.2) is 0 Å². The summed E-state index contributed by atoms with van der Waals surface area (Å²) in [6, 6.07) is 15.0. The molecular weight excluding hydrogens is 496 g/mol. The highest BCUT2D eigenvalue weighted by Gasteiger charge is 2.34. The highest BCUT2D eigenvalue weighted by Crippen LogP contribution is 2.33. The molecule has 0 radical (unpaired) electrons. The Labute approximate surface area is 229 Å². The van der Waals surface area contributed by atoms with Crippen LogP contribution < -0.4 is 14.8 Å². The SMILES string of the molecule is CCCc1cc(C(=O)N2CC[C@H]3OCc4cccc(c4)Oc4cc(ccc4OC)CCC(=O)N[C@H]3C2)n(C)n1. The minimum absolute atomic E-state index is 0.0773. The fraction of sp³-hybridized carbons (Fsp3) is 0.433. The third-order valence-electron chi connectivity index (χ3n) is 7.30. The molecule has 9 nitrogen and oxygen atoms in total. The molecule has 2 aliphatic heterocycles. The minimum Gasteiger partial charge on any atom is -0.493 e. The molecule has 39 heavy (non-hydrogen) atoms. The third-order valence-corrected chi connectivity index (χ3v) is 7.30. The summed E-state index contributed by atoms with van der Waals surface area (Å²) in [7, 11) is 3.41. The van der Waals surface area contributed by atoms with E-state index >= 15 is 0 Å². The van der Waals surface area contributed by atoms with E-state index in [0.717, 1.165) is 29.7 Å². The third kappa shape index (κ3) is 6.25. The molecule has 3 aromatic rings. The van der Waals surface area contributed by atoms with Crippen LogP contribution in [0.4, 0.5) is 0 Å². The summed E-state index contributed by atoms with van der Waals surface area (Å²) in [5.41, 5.74) is 3.41. The molecule has 3 heterocycles. The first kappa shape index (κ1) is 26.7. The maximum atomic E-state index is 13.4. The first-order valence-electron chi connectivity index (χ1n) is 13.6. The number of piperidine rings is 1. The van der Waals surface area contributed by atoms with Gasteiger partial charge in [0, 0.05) is 26.6 Å². The minimum atomic E-state index is -0.325. The van der Waals surface area contributed by atoms with Gasteiger partial charge in [0.05, 0.1) is 31.6 Å². The summed E-state index contributed by atoms with van der Waals surface area (Å²) in [4.78, 5) is 28.3. The van der Waals surface area contributed by atoms with E-state index in [1.165, 1.54) is 0 Å². The van der Waals surface area contributed by atoms with Crippen LogP contribution >= 0.6 is 0 Å². The number of hydrogen-bond donors (Lipinski definition) is 1. The van der Waals surface area contributed by atoms with E-state index in [9.17, 15) is 9.59 Å². The largest absolute Gasteiger partial charge is 0.493 e. The van der Waals surface area contributed by atoms with Crippen LogP contribution in [-0.2, 0) is 36.0 Å². The van der Waals surface area contributed by atoms with Crippen molar-refractivity contribution >= 4 is 11.8 Å². The van der Waals surface area contributed by atoms with Crippen LogP contribution in [-0.4, -0.2) is 58.8 Å². The maximum Gasteiger partial charge on any atom is 0.272 e. The number of amides is 2. The summed E-state index contributed by atoms with van der Waals surface area (Å²) in [6.07, 6.45) is 3.04. The Morgan fingerprint density at radius 2 is 2.03 bits per heavy atom. The van der Waals surface area contributed by atoms with E-state index in [1.807, 2.05) is 48.5 Å². The van der Waals surface area contributed by atoms with Crippen LogP contribution in [0.15, 0.2) is 48.5 Å². The van der Waals surface area contributed by atoms with Crippen LogP contribution in [0, 0.1) is 0 Å². The predicted octanol–water partition coefficient (Wildman–Crippen LogP) is 4.04. The lowest BCUT2D eigenvalue weighted by Gasteiger charge is -2.38. The molecule has 0 unspecified atom stereocenters. The zero-order valence-corrected chi connectivity index (χ0v) is 22.8. The number of nitrogens with one attached hydrogen (secondary N) is 1. The Kier molecular flexibility index (Phi) is 8.16. The molecule has 2 atom stereocenters. The molecular formula is C30H36N4O5. The number of hydrogen-bond acceptors (Lipinski definition) is 6. The fourth-order valence-electron chi connectivity index (χ4n) is 5.24. The number of likely N-dealkylation sites (tertiary alicyclic amines) is 1. The van der Waals surface area contributed by atoms with Crippen molar-refractivity contribution in [3.8, 4) is 17.2 Å². The monoisotopic (exact) mass is 532 g/mol. The second kappa shape index (κ2) is 11.9. The average Bonchev–Trinajstić information content (AvgIpc) is 3.30. The van der Waals surface area contributed by atoms with Gasteiger partial charge in [-0.2, -0.15) is 5.10 Å². The number of carbonyl (C=O) groups is 2. The van der Waals surface area contributed by atoms with Gasteiger partial charge in [-0.1, -0.05) is 31.5 Å². The van der Waals surface area contributed by atoms with Crippen LogP contribution in [0.25, 0.3) is 0 Å². The molecule has 0 aliphatic carbocycles. The number of rotatable bonds is 4. The molecule has 1 saturated heterocycles. The summed E-state index contributed by atoms with van der Waals surface area (Å²) in [5.74, 6) is 1.75. The Balaban J connectivity index is 1.37. The molecule has 206 valence electrons. The lowest BCUT2D eigenvalue weighted by molar-refractivity contribution is -0.124. The first-order valence-corrected chi connectivity index (χ1v) is 13.6. The average molecular weight is 533 g/mol. The highest BCUT2D eigenvalue weighted by atomic mass is 16.5. The molecule has 1 fully saturated rings. The number of nitrogens with zero attached hydrogens (tertiary/aromatic N) is 3. The van der Waals surface area contributed by atoms with Crippen molar-refractivity contribution in [1.29, 1.82) is 0 Å². The molecule has 2 amide bonds.